The number of ether oxygens (including phenoxy) is 2. The van der Waals surface area contributed by atoms with Crippen molar-refractivity contribution >= 4 is 66.7 Å². The summed E-state index contributed by atoms with van der Waals surface area (Å²) in [7, 11) is 0. The van der Waals surface area contributed by atoms with Crippen molar-refractivity contribution in [1.82, 2.24) is 9.13 Å². The van der Waals surface area contributed by atoms with Crippen LogP contribution < -0.4 is 25.9 Å². The first-order valence-electron chi connectivity index (χ1n) is 18.1. The molecule has 0 atom stereocenters. The molecule has 2 aliphatic heterocycles. The Balaban J connectivity index is 1.06. The van der Waals surface area contributed by atoms with Crippen molar-refractivity contribution in [2.24, 2.45) is 0 Å². The topological polar surface area (TPSA) is 28.3 Å². The van der Waals surface area contributed by atoms with Gasteiger partial charge in [0, 0.05) is 38.4 Å². The van der Waals surface area contributed by atoms with E-state index < -0.39 is 0 Å². The van der Waals surface area contributed by atoms with Crippen LogP contribution >= 0.6 is 0 Å². The SMILES string of the molecule is c1ccc(-n2c3ccccc3c3ccc4c5ccccc5n(-c5ccc(-c6cc7c8c(c6)Oc6ccccc6B8c6ccccc6O7)cc5)c4c32)cc1. The highest BCUT2D eigenvalue weighted by atomic mass is 16.5. The summed E-state index contributed by atoms with van der Waals surface area (Å²) in [5.74, 6) is 3.48. The zero-order valence-electron chi connectivity index (χ0n) is 28.5. The fourth-order valence-corrected chi connectivity index (χ4v) is 8.98. The number of nitrogens with zero attached hydrogens (tertiary/aromatic N) is 2. The maximum atomic E-state index is 6.61. The molecule has 53 heavy (non-hydrogen) atoms. The monoisotopic (exact) mass is 676 g/mol. The lowest BCUT2D eigenvalue weighted by Gasteiger charge is -2.33. The summed E-state index contributed by atoms with van der Waals surface area (Å²) in [6.45, 7) is 0.0601. The van der Waals surface area contributed by atoms with Crippen molar-refractivity contribution in [1.29, 1.82) is 0 Å². The van der Waals surface area contributed by atoms with Crippen LogP contribution in [0.1, 0.15) is 0 Å². The van der Waals surface area contributed by atoms with E-state index in [9.17, 15) is 0 Å². The second-order valence-corrected chi connectivity index (χ2v) is 14.0. The fraction of sp³-hybridized carbons (Fsp3) is 0. The van der Waals surface area contributed by atoms with Crippen LogP contribution in [0.4, 0.5) is 0 Å². The lowest BCUT2D eigenvalue weighted by Crippen LogP contribution is -2.57. The Labute approximate surface area is 305 Å². The Bertz CT molecular complexity index is 3050. The van der Waals surface area contributed by atoms with Gasteiger partial charge >= 0.3 is 0 Å². The maximum Gasteiger partial charge on any atom is 0.260 e. The van der Waals surface area contributed by atoms with E-state index in [0.29, 0.717) is 0 Å². The van der Waals surface area contributed by atoms with Gasteiger partial charge in [0.25, 0.3) is 6.71 Å². The van der Waals surface area contributed by atoms with Gasteiger partial charge in [-0.25, -0.2) is 0 Å². The first kappa shape index (κ1) is 28.7. The standard InChI is InChI=1S/C48H29BN2O2/c1-2-12-32(13-3-1)50-40-18-8-4-14-34(40)36-26-27-37-35-15-5-9-19-41(35)51(48(37)47(36)50)33-24-22-30(23-25-33)31-28-44-46-45(29-31)53-43-21-11-7-17-39(43)49(46)38-16-6-10-20-42(38)52-44/h1-29H. The average Bonchev–Trinajstić information content (AvgIpc) is 3.74. The second kappa shape index (κ2) is 10.8. The summed E-state index contributed by atoms with van der Waals surface area (Å²) in [6.07, 6.45) is 0. The Kier molecular flexibility index (Phi) is 5.83. The number of benzene rings is 8. The zero-order chi connectivity index (χ0) is 34.6. The van der Waals surface area contributed by atoms with E-state index >= 15 is 0 Å². The first-order valence-corrected chi connectivity index (χ1v) is 18.1. The van der Waals surface area contributed by atoms with Crippen molar-refractivity contribution in [3.63, 3.8) is 0 Å². The summed E-state index contributed by atoms with van der Waals surface area (Å²) in [4.78, 5) is 0. The zero-order valence-corrected chi connectivity index (χ0v) is 28.5. The van der Waals surface area contributed by atoms with Gasteiger partial charge in [-0.1, -0.05) is 115 Å². The van der Waals surface area contributed by atoms with Crippen LogP contribution in [0.25, 0.3) is 66.1 Å². The Morgan fingerprint density at radius 2 is 0.830 bits per heavy atom. The van der Waals surface area contributed by atoms with E-state index in [-0.39, 0.29) is 6.71 Å². The predicted octanol–water partition coefficient (Wildman–Crippen LogP) is 10.3. The van der Waals surface area contributed by atoms with Gasteiger partial charge in [-0.05, 0) is 82.7 Å². The molecule has 5 heteroatoms. The molecule has 4 heterocycles. The average molecular weight is 677 g/mol. The van der Waals surface area contributed by atoms with E-state index in [1.165, 1.54) is 54.5 Å². The number of hydrogen-bond acceptors (Lipinski definition) is 2. The quantitative estimate of drug-likeness (QED) is 0.174. The molecule has 0 N–H and O–H groups in total. The van der Waals surface area contributed by atoms with Gasteiger partial charge in [0.15, 0.2) is 0 Å². The molecule has 0 unspecified atom stereocenters. The number of hydrogen-bond donors (Lipinski definition) is 0. The van der Waals surface area contributed by atoms with Crippen LogP contribution in [-0.2, 0) is 0 Å². The van der Waals surface area contributed by atoms with Gasteiger partial charge < -0.3 is 18.6 Å². The van der Waals surface area contributed by atoms with E-state index in [0.717, 1.165) is 51.0 Å². The molecule has 246 valence electrons. The molecule has 0 saturated heterocycles. The molecule has 0 bridgehead atoms. The Morgan fingerprint density at radius 3 is 1.40 bits per heavy atom. The van der Waals surface area contributed by atoms with Crippen LogP contribution in [0.5, 0.6) is 23.0 Å². The van der Waals surface area contributed by atoms with Gasteiger partial charge in [-0.15, -0.1) is 0 Å². The van der Waals surface area contributed by atoms with Gasteiger partial charge in [-0.2, -0.15) is 0 Å². The highest BCUT2D eigenvalue weighted by Gasteiger charge is 2.40. The number of fused-ring (bicyclic) bond motifs is 11. The van der Waals surface area contributed by atoms with Crippen LogP contribution in [-0.4, -0.2) is 15.8 Å². The Hall–Kier alpha value is -6.98. The number of para-hydroxylation sites is 5. The summed E-state index contributed by atoms with van der Waals surface area (Å²) >= 11 is 0. The van der Waals surface area contributed by atoms with E-state index in [2.05, 4.69) is 173 Å². The van der Waals surface area contributed by atoms with Crippen molar-refractivity contribution < 1.29 is 9.47 Å². The molecule has 0 fully saturated rings. The number of aromatic nitrogens is 2. The van der Waals surface area contributed by atoms with Gasteiger partial charge in [0.1, 0.15) is 23.0 Å². The highest BCUT2D eigenvalue weighted by molar-refractivity contribution is 6.98. The molecule has 2 aliphatic rings. The summed E-state index contributed by atoms with van der Waals surface area (Å²) in [6, 6.07) is 62.8. The summed E-state index contributed by atoms with van der Waals surface area (Å²) < 4.78 is 18.1. The molecule has 8 aromatic carbocycles. The van der Waals surface area contributed by atoms with E-state index in [1.807, 2.05) is 12.1 Å². The first-order chi connectivity index (χ1) is 26.3. The third kappa shape index (κ3) is 4.02. The van der Waals surface area contributed by atoms with Crippen LogP contribution in [0.3, 0.4) is 0 Å². The molecule has 0 aliphatic carbocycles. The van der Waals surface area contributed by atoms with Crippen LogP contribution in [0.2, 0.25) is 0 Å². The summed E-state index contributed by atoms with van der Waals surface area (Å²) in [5, 5.41) is 4.95. The van der Waals surface area contributed by atoms with Crippen molar-refractivity contribution in [3.8, 4) is 45.5 Å². The normalized spacial score (nSPS) is 12.8. The minimum Gasteiger partial charge on any atom is -0.458 e. The van der Waals surface area contributed by atoms with Gasteiger partial charge in [0.2, 0.25) is 0 Å². The van der Waals surface area contributed by atoms with Gasteiger partial charge in [-0.3, -0.25) is 0 Å². The van der Waals surface area contributed by atoms with E-state index in [1.54, 1.807) is 0 Å². The second-order valence-electron chi connectivity index (χ2n) is 14.0. The molecule has 0 radical (unpaired) electrons. The van der Waals surface area contributed by atoms with Crippen molar-refractivity contribution in [2.45, 2.75) is 0 Å². The molecule has 12 rings (SSSR count). The molecule has 0 spiro atoms. The molecule has 4 nitrogen and oxygen atoms in total. The van der Waals surface area contributed by atoms with Crippen molar-refractivity contribution in [2.75, 3.05) is 0 Å². The molecule has 2 aromatic heterocycles. The summed E-state index contributed by atoms with van der Waals surface area (Å²) in [5.41, 5.74) is 12.6. The van der Waals surface area contributed by atoms with Crippen molar-refractivity contribution in [3.05, 3.63) is 176 Å². The maximum absolute atomic E-state index is 6.61. The molecule has 0 amide bonds. The fourth-order valence-electron chi connectivity index (χ4n) is 8.98. The molecule has 0 saturated carbocycles. The van der Waals surface area contributed by atoms with Crippen LogP contribution in [0, 0.1) is 0 Å². The minimum atomic E-state index is 0.0601. The molecular weight excluding hydrogens is 647 g/mol. The lowest BCUT2D eigenvalue weighted by atomic mass is 9.35. The minimum absolute atomic E-state index is 0.0601. The third-order valence-corrected chi connectivity index (χ3v) is 11.2. The number of rotatable bonds is 3. The highest BCUT2D eigenvalue weighted by Crippen LogP contribution is 2.43. The largest absolute Gasteiger partial charge is 0.458 e. The molecular formula is C48H29BN2O2. The van der Waals surface area contributed by atoms with E-state index in [4.69, 9.17) is 9.47 Å². The van der Waals surface area contributed by atoms with Gasteiger partial charge in [0.05, 0.1) is 22.1 Å². The third-order valence-electron chi connectivity index (χ3n) is 11.2. The smallest absolute Gasteiger partial charge is 0.260 e. The lowest BCUT2D eigenvalue weighted by molar-refractivity contribution is 0.465. The Morgan fingerprint density at radius 1 is 0.358 bits per heavy atom. The molecule has 10 aromatic rings. The predicted molar refractivity (Wildman–Crippen MR) is 218 cm³/mol. The van der Waals surface area contributed by atoms with Crippen LogP contribution in [0.15, 0.2) is 176 Å².